The molecule has 15 heavy (non-hydrogen) atoms. The van der Waals surface area contributed by atoms with Crippen LogP contribution in [0.5, 0.6) is 0 Å². The summed E-state index contributed by atoms with van der Waals surface area (Å²) in [5.41, 5.74) is 3.45. The lowest BCUT2D eigenvalue weighted by atomic mass is 10.0. The minimum absolute atomic E-state index is 0.256. The highest BCUT2D eigenvalue weighted by atomic mass is 14.9. The van der Waals surface area contributed by atoms with Crippen molar-refractivity contribution in [1.82, 2.24) is 10.3 Å². The van der Waals surface area contributed by atoms with Crippen molar-refractivity contribution in [2.24, 2.45) is 0 Å². The molecule has 0 spiro atoms. The number of nitrogens with zero attached hydrogens (tertiary/aromatic N) is 1. The van der Waals surface area contributed by atoms with E-state index in [1.54, 1.807) is 0 Å². The molecule has 1 aromatic rings. The van der Waals surface area contributed by atoms with Gasteiger partial charge in [-0.05, 0) is 44.5 Å². The van der Waals surface area contributed by atoms with Crippen molar-refractivity contribution in [3.8, 4) is 0 Å². The maximum absolute atomic E-state index is 4.20. The van der Waals surface area contributed by atoms with Crippen LogP contribution >= 0.6 is 0 Å². The molecule has 0 aliphatic heterocycles. The molecule has 2 heteroatoms. The van der Waals surface area contributed by atoms with E-state index in [4.69, 9.17) is 0 Å². The molecule has 1 aromatic heterocycles. The summed E-state index contributed by atoms with van der Waals surface area (Å²) in [6.07, 6.45) is 2.99. The molecule has 0 aliphatic carbocycles. The van der Waals surface area contributed by atoms with Crippen LogP contribution in [0, 0.1) is 6.92 Å². The lowest BCUT2D eigenvalue weighted by Crippen LogP contribution is -2.22. The Morgan fingerprint density at radius 2 is 2.33 bits per heavy atom. The van der Waals surface area contributed by atoms with Gasteiger partial charge < -0.3 is 5.32 Å². The monoisotopic (exact) mass is 204 g/mol. The van der Waals surface area contributed by atoms with Crippen LogP contribution in [0.3, 0.4) is 0 Å². The number of hydrogen-bond donors (Lipinski definition) is 1. The summed E-state index contributed by atoms with van der Waals surface area (Å²) in [7, 11) is 0. The van der Waals surface area contributed by atoms with Crippen molar-refractivity contribution in [2.45, 2.75) is 33.2 Å². The highest BCUT2D eigenvalue weighted by Crippen LogP contribution is 2.19. The molecule has 1 N–H and O–H groups in total. The van der Waals surface area contributed by atoms with Crippen LogP contribution in [0.4, 0.5) is 0 Å². The van der Waals surface area contributed by atoms with Crippen LogP contribution in [0.15, 0.2) is 30.5 Å². The van der Waals surface area contributed by atoms with Crippen molar-refractivity contribution in [3.05, 3.63) is 41.7 Å². The van der Waals surface area contributed by atoms with Crippen LogP contribution in [0.25, 0.3) is 0 Å². The fourth-order valence-electron chi connectivity index (χ4n) is 1.61. The summed E-state index contributed by atoms with van der Waals surface area (Å²) < 4.78 is 0. The molecule has 0 fully saturated rings. The van der Waals surface area contributed by atoms with E-state index in [1.165, 1.54) is 5.56 Å². The number of pyridine rings is 1. The molecule has 0 bridgehead atoms. The normalized spacial score (nSPS) is 12.5. The third kappa shape index (κ3) is 3.48. The summed E-state index contributed by atoms with van der Waals surface area (Å²) in [6.45, 7) is 11.3. The second kappa shape index (κ2) is 5.66. The van der Waals surface area contributed by atoms with E-state index in [0.717, 1.165) is 24.2 Å². The van der Waals surface area contributed by atoms with Crippen LogP contribution < -0.4 is 5.32 Å². The Morgan fingerprint density at radius 1 is 1.60 bits per heavy atom. The molecule has 82 valence electrons. The molecule has 1 heterocycles. The van der Waals surface area contributed by atoms with Crippen LogP contribution in [-0.4, -0.2) is 11.5 Å². The van der Waals surface area contributed by atoms with Crippen LogP contribution in [-0.2, 0) is 0 Å². The Kier molecular flexibility index (Phi) is 4.50. The van der Waals surface area contributed by atoms with Gasteiger partial charge in [0.15, 0.2) is 0 Å². The van der Waals surface area contributed by atoms with Gasteiger partial charge in [0.25, 0.3) is 0 Å². The molecular weight excluding hydrogens is 184 g/mol. The second-order valence-corrected chi connectivity index (χ2v) is 3.96. The molecule has 1 unspecified atom stereocenters. The van der Waals surface area contributed by atoms with E-state index in [0.29, 0.717) is 0 Å². The highest BCUT2D eigenvalue weighted by molar-refractivity contribution is 5.26. The molecule has 2 nitrogen and oxygen atoms in total. The third-order valence-electron chi connectivity index (χ3n) is 2.35. The molecule has 0 saturated carbocycles. The number of hydrogen-bond acceptors (Lipinski definition) is 2. The topological polar surface area (TPSA) is 24.9 Å². The van der Waals surface area contributed by atoms with Gasteiger partial charge in [-0.15, -0.1) is 0 Å². The molecule has 0 aliphatic rings. The van der Waals surface area contributed by atoms with Crippen LogP contribution in [0.2, 0.25) is 0 Å². The summed E-state index contributed by atoms with van der Waals surface area (Å²) in [4.78, 5) is 4.20. The Balaban J connectivity index is 2.84. The van der Waals surface area contributed by atoms with Crippen molar-refractivity contribution >= 4 is 0 Å². The SMILES string of the molecule is C=C(C)C(NCCC)c1ccnc(C)c1. The lowest BCUT2D eigenvalue weighted by Gasteiger charge is -2.19. The van der Waals surface area contributed by atoms with E-state index >= 15 is 0 Å². The summed E-state index contributed by atoms with van der Waals surface area (Å²) in [5.74, 6) is 0. The van der Waals surface area contributed by atoms with E-state index in [1.807, 2.05) is 13.1 Å². The summed E-state index contributed by atoms with van der Waals surface area (Å²) in [5, 5.41) is 3.49. The molecule has 1 rings (SSSR count). The highest BCUT2D eigenvalue weighted by Gasteiger charge is 2.10. The second-order valence-electron chi connectivity index (χ2n) is 3.96. The molecule has 0 radical (unpaired) electrons. The fraction of sp³-hybridized carbons (Fsp3) is 0.462. The predicted octanol–water partition coefficient (Wildman–Crippen LogP) is 3.01. The first kappa shape index (κ1) is 11.9. The molecular formula is C13H20N2. The smallest absolute Gasteiger partial charge is 0.0531 e. The van der Waals surface area contributed by atoms with Crippen molar-refractivity contribution in [2.75, 3.05) is 6.54 Å². The van der Waals surface area contributed by atoms with Crippen molar-refractivity contribution in [1.29, 1.82) is 0 Å². The predicted molar refractivity (Wildman–Crippen MR) is 64.8 cm³/mol. The van der Waals surface area contributed by atoms with E-state index in [9.17, 15) is 0 Å². The quantitative estimate of drug-likeness (QED) is 0.746. The molecule has 0 saturated heterocycles. The Morgan fingerprint density at radius 3 is 2.87 bits per heavy atom. The van der Waals surface area contributed by atoms with Crippen molar-refractivity contribution < 1.29 is 0 Å². The first-order chi connectivity index (χ1) is 7.15. The Hall–Kier alpha value is -1.15. The Bertz CT molecular complexity index is 331. The fourth-order valence-corrected chi connectivity index (χ4v) is 1.61. The maximum atomic E-state index is 4.20. The first-order valence-electron chi connectivity index (χ1n) is 5.46. The molecule has 1 atom stereocenters. The zero-order chi connectivity index (χ0) is 11.3. The molecule has 0 amide bonds. The zero-order valence-corrected chi connectivity index (χ0v) is 9.88. The lowest BCUT2D eigenvalue weighted by molar-refractivity contribution is 0.590. The summed E-state index contributed by atoms with van der Waals surface area (Å²) >= 11 is 0. The van der Waals surface area contributed by atoms with E-state index < -0.39 is 0 Å². The van der Waals surface area contributed by atoms with E-state index in [-0.39, 0.29) is 6.04 Å². The van der Waals surface area contributed by atoms with Gasteiger partial charge >= 0.3 is 0 Å². The number of aromatic nitrogens is 1. The number of rotatable bonds is 5. The maximum Gasteiger partial charge on any atom is 0.0531 e. The number of nitrogens with one attached hydrogen (secondary N) is 1. The van der Waals surface area contributed by atoms with Gasteiger partial charge in [-0.25, -0.2) is 0 Å². The third-order valence-corrected chi connectivity index (χ3v) is 2.35. The largest absolute Gasteiger partial charge is 0.307 e. The van der Waals surface area contributed by atoms with Gasteiger partial charge in [0.05, 0.1) is 6.04 Å². The number of aryl methyl sites for hydroxylation is 1. The Labute approximate surface area is 92.4 Å². The summed E-state index contributed by atoms with van der Waals surface area (Å²) in [6, 6.07) is 4.42. The van der Waals surface area contributed by atoms with Gasteiger partial charge in [0.1, 0.15) is 0 Å². The van der Waals surface area contributed by atoms with E-state index in [2.05, 4.69) is 42.9 Å². The van der Waals surface area contributed by atoms with Gasteiger partial charge in [-0.3, -0.25) is 4.98 Å². The van der Waals surface area contributed by atoms with Gasteiger partial charge in [0, 0.05) is 11.9 Å². The van der Waals surface area contributed by atoms with Crippen molar-refractivity contribution in [3.63, 3.8) is 0 Å². The molecule has 0 aromatic carbocycles. The first-order valence-corrected chi connectivity index (χ1v) is 5.46. The standard InChI is InChI=1S/C13H20N2/c1-5-7-15-13(10(2)3)12-6-8-14-11(4)9-12/h6,8-9,13,15H,2,5,7H2,1,3-4H3. The zero-order valence-electron chi connectivity index (χ0n) is 9.88. The minimum atomic E-state index is 0.256. The average molecular weight is 204 g/mol. The minimum Gasteiger partial charge on any atom is -0.307 e. The van der Waals surface area contributed by atoms with Gasteiger partial charge in [-0.2, -0.15) is 0 Å². The van der Waals surface area contributed by atoms with Gasteiger partial charge in [-0.1, -0.05) is 19.1 Å². The van der Waals surface area contributed by atoms with Gasteiger partial charge in [0.2, 0.25) is 0 Å². The average Bonchev–Trinajstić information content (AvgIpc) is 2.18. The van der Waals surface area contributed by atoms with Crippen LogP contribution in [0.1, 0.15) is 37.6 Å².